The van der Waals surface area contributed by atoms with Gasteiger partial charge in [-0.3, -0.25) is 4.79 Å². The number of amides is 1. The van der Waals surface area contributed by atoms with Crippen molar-refractivity contribution in [2.24, 2.45) is 5.73 Å². The molecule has 0 aliphatic heterocycles. The molecule has 0 radical (unpaired) electrons. The van der Waals surface area contributed by atoms with Crippen LogP contribution in [0.3, 0.4) is 0 Å². The van der Waals surface area contributed by atoms with E-state index < -0.39 is 18.6 Å². The highest BCUT2D eigenvalue weighted by molar-refractivity contribution is 5.81. The molecule has 3 nitrogen and oxygen atoms in total. The van der Waals surface area contributed by atoms with Crippen LogP contribution in [-0.2, 0) is 11.2 Å². The molecule has 0 unspecified atom stereocenters. The molecule has 0 spiro atoms. The summed E-state index contributed by atoms with van der Waals surface area (Å²) in [5.74, 6) is -0.307. The van der Waals surface area contributed by atoms with Gasteiger partial charge >= 0.3 is 6.18 Å². The third-order valence-corrected chi connectivity index (χ3v) is 3.11. The van der Waals surface area contributed by atoms with Crippen LogP contribution in [-0.4, -0.2) is 24.7 Å². The molecular formula is C15H21F3N2O. The molecule has 118 valence electrons. The molecule has 0 fully saturated rings. The molecule has 1 amide bonds. The van der Waals surface area contributed by atoms with Gasteiger partial charge in [-0.25, -0.2) is 0 Å². The topological polar surface area (TPSA) is 55.1 Å². The van der Waals surface area contributed by atoms with Crippen LogP contribution in [0.15, 0.2) is 30.3 Å². The van der Waals surface area contributed by atoms with Crippen LogP contribution in [0.4, 0.5) is 13.2 Å². The van der Waals surface area contributed by atoms with Crippen molar-refractivity contribution in [3.63, 3.8) is 0 Å². The maximum absolute atomic E-state index is 11.9. The van der Waals surface area contributed by atoms with Crippen LogP contribution in [0, 0.1) is 0 Å². The van der Waals surface area contributed by atoms with Crippen LogP contribution < -0.4 is 11.1 Å². The average molecular weight is 302 g/mol. The zero-order valence-corrected chi connectivity index (χ0v) is 11.8. The Morgan fingerprint density at radius 1 is 1.19 bits per heavy atom. The number of halogens is 3. The average Bonchev–Trinajstić information content (AvgIpc) is 2.44. The first kappa shape index (κ1) is 17.5. The van der Waals surface area contributed by atoms with Crippen LogP contribution in [0.25, 0.3) is 0 Å². The second kappa shape index (κ2) is 8.67. The maximum atomic E-state index is 11.9. The van der Waals surface area contributed by atoms with Crippen molar-refractivity contribution in [3.05, 3.63) is 35.9 Å². The minimum absolute atomic E-state index is 0.0169. The van der Waals surface area contributed by atoms with Crippen molar-refractivity contribution in [1.82, 2.24) is 5.32 Å². The van der Waals surface area contributed by atoms with E-state index in [-0.39, 0.29) is 18.9 Å². The number of carbonyl (C=O) groups excluding carboxylic acids is 1. The zero-order chi connectivity index (χ0) is 15.7. The first-order valence-electron chi connectivity index (χ1n) is 7.02. The van der Waals surface area contributed by atoms with Crippen molar-refractivity contribution in [3.8, 4) is 0 Å². The molecule has 3 N–H and O–H groups in total. The van der Waals surface area contributed by atoms with Gasteiger partial charge in [-0.2, -0.15) is 13.2 Å². The number of carbonyl (C=O) groups is 1. The lowest BCUT2D eigenvalue weighted by atomic mass is 10.1. The van der Waals surface area contributed by atoms with Gasteiger partial charge in [0, 0.05) is 13.0 Å². The fourth-order valence-corrected chi connectivity index (χ4v) is 1.89. The van der Waals surface area contributed by atoms with E-state index in [2.05, 4.69) is 5.32 Å². The molecule has 0 aliphatic rings. The van der Waals surface area contributed by atoms with E-state index in [1.54, 1.807) is 0 Å². The van der Waals surface area contributed by atoms with Crippen LogP contribution in [0.5, 0.6) is 0 Å². The first-order valence-corrected chi connectivity index (χ1v) is 7.02. The summed E-state index contributed by atoms with van der Waals surface area (Å²) in [6.45, 7) is 0.230. The largest absolute Gasteiger partial charge is 0.389 e. The Hall–Kier alpha value is -1.56. The Bertz CT molecular complexity index is 421. The van der Waals surface area contributed by atoms with E-state index in [0.717, 1.165) is 5.56 Å². The smallest absolute Gasteiger partial charge is 0.355 e. The van der Waals surface area contributed by atoms with Crippen molar-refractivity contribution in [2.75, 3.05) is 6.54 Å². The maximum Gasteiger partial charge on any atom is 0.389 e. The summed E-state index contributed by atoms with van der Waals surface area (Å²) in [7, 11) is 0. The van der Waals surface area contributed by atoms with Crippen LogP contribution in [0.1, 0.15) is 31.2 Å². The van der Waals surface area contributed by atoms with E-state index in [1.807, 2.05) is 30.3 Å². The fraction of sp³-hybridized carbons (Fsp3) is 0.533. The Morgan fingerprint density at radius 3 is 2.48 bits per heavy atom. The summed E-state index contributed by atoms with van der Waals surface area (Å²) in [6, 6.07) is 9.04. The Kier molecular flexibility index (Phi) is 7.22. The lowest BCUT2D eigenvalue weighted by Gasteiger charge is -2.12. The standard InChI is InChI=1S/C15H21F3N2O/c16-15(17,18)10-4-5-11-20-14(21)13(19)9-8-12-6-2-1-3-7-12/h1-3,6-7,13H,4-5,8-11,19H2,(H,20,21)/t13-/m0/s1. The molecule has 0 aromatic heterocycles. The van der Waals surface area contributed by atoms with Crippen molar-refractivity contribution >= 4 is 5.91 Å². The summed E-state index contributed by atoms with van der Waals surface area (Å²) in [4.78, 5) is 11.7. The SMILES string of the molecule is N[C@@H](CCc1ccccc1)C(=O)NCCCCC(F)(F)F. The molecule has 1 aromatic carbocycles. The summed E-state index contributed by atoms with van der Waals surface area (Å²) in [5.41, 5.74) is 6.86. The predicted octanol–water partition coefficient (Wildman–Crippen LogP) is 2.80. The number of nitrogens with one attached hydrogen (secondary N) is 1. The van der Waals surface area contributed by atoms with E-state index in [0.29, 0.717) is 19.3 Å². The number of nitrogens with two attached hydrogens (primary N) is 1. The Morgan fingerprint density at radius 2 is 1.86 bits per heavy atom. The van der Waals surface area contributed by atoms with Gasteiger partial charge in [0.15, 0.2) is 0 Å². The van der Waals surface area contributed by atoms with Crippen molar-refractivity contribution < 1.29 is 18.0 Å². The lowest BCUT2D eigenvalue weighted by molar-refractivity contribution is -0.135. The summed E-state index contributed by atoms with van der Waals surface area (Å²) >= 11 is 0. The van der Waals surface area contributed by atoms with Gasteiger partial charge in [-0.1, -0.05) is 30.3 Å². The molecule has 0 heterocycles. The summed E-state index contributed by atoms with van der Waals surface area (Å²) < 4.78 is 35.8. The summed E-state index contributed by atoms with van der Waals surface area (Å²) in [5, 5.41) is 2.57. The Balaban J connectivity index is 2.14. The highest BCUT2D eigenvalue weighted by Crippen LogP contribution is 2.21. The molecule has 21 heavy (non-hydrogen) atoms. The van der Waals surface area contributed by atoms with E-state index in [4.69, 9.17) is 5.73 Å². The molecular weight excluding hydrogens is 281 g/mol. The first-order chi connectivity index (χ1) is 9.88. The lowest BCUT2D eigenvalue weighted by Crippen LogP contribution is -2.41. The number of aryl methyl sites for hydroxylation is 1. The van der Waals surface area contributed by atoms with Gasteiger partial charge in [-0.05, 0) is 31.2 Å². The number of unbranched alkanes of at least 4 members (excludes halogenated alkanes) is 1. The molecule has 0 aliphatic carbocycles. The third kappa shape index (κ3) is 8.34. The zero-order valence-electron chi connectivity index (χ0n) is 11.8. The molecule has 1 rings (SSSR count). The van der Waals surface area contributed by atoms with E-state index in [1.165, 1.54) is 0 Å². The number of hydrogen-bond donors (Lipinski definition) is 2. The Labute approximate surface area is 122 Å². The van der Waals surface area contributed by atoms with Crippen molar-refractivity contribution in [1.29, 1.82) is 0 Å². The fourth-order valence-electron chi connectivity index (χ4n) is 1.89. The van der Waals surface area contributed by atoms with Gasteiger partial charge in [0.1, 0.15) is 0 Å². The number of hydrogen-bond acceptors (Lipinski definition) is 2. The molecule has 6 heteroatoms. The minimum atomic E-state index is -4.13. The molecule has 1 atom stereocenters. The third-order valence-electron chi connectivity index (χ3n) is 3.11. The van der Waals surface area contributed by atoms with E-state index >= 15 is 0 Å². The normalized spacial score (nSPS) is 13.0. The summed E-state index contributed by atoms with van der Waals surface area (Å²) in [6.07, 6.45) is -3.42. The highest BCUT2D eigenvalue weighted by atomic mass is 19.4. The number of benzene rings is 1. The molecule has 0 bridgehead atoms. The highest BCUT2D eigenvalue weighted by Gasteiger charge is 2.25. The predicted molar refractivity (Wildman–Crippen MR) is 75.7 cm³/mol. The second-order valence-corrected chi connectivity index (χ2v) is 4.99. The van der Waals surface area contributed by atoms with Gasteiger partial charge in [0.05, 0.1) is 6.04 Å². The molecule has 0 saturated heterocycles. The molecule has 1 aromatic rings. The van der Waals surface area contributed by atoms with Crippen LogP contribution in [0.2, 0.25) is 0 Å². The van der Waals surface area contributed by atoms with Crippen LogP contribution >= 0.6 is 0 Å². The van der Waals surface area contributed by atoms with E-state index in [9.17, 15) is 18.0 Å². The van der Waals surface area contributed by atoms with Gasteiger partial charge in [0.2, 0.25) is 5.91 Å². The van der Waals surface area contributed by atoms with Gasteiger partial charge in [0.25, 0.3) is 0 Å². The van der Waals surface area contributed by atoms with Crippen molar-refractivity contribution in [2.45, 2.75) is 44.3 Å². The number of rotatable bonds is 8. The van der Waals surface area contributed by atoms with Gasteiger partial charge < -0.3 is 11.1 Å². The van der Waals surface area contributed by atoms with Gasteiger partial charge in [-0.15, -0.1) is 0 Å². The number of alkyl halides is 3. The second-order valence-electron chi connectivity index (χ2n) is 4.99. The quantitative estimate of drug-likeness (QED) is 0.726. The minimum Gasteiger partial charge on any atom is -0.355 e. The molecule has 0 saturated carbocycles. The monoisotopic (exact) mass is 302 g/mol.